The molecule has 0 spiro atoms. The summed E-state index contributed by atoms with van der Waals surface area (Å²) in [4.78, 5) is 28.8. The Kier molecular flexibility index (Phi) is 11.9. The van der Waals surface area contributed by atoms with Crippen molar-refractivity contribution in [3.05, 3.63) is 92.9 Å². The van der Waals surface area contributed by atoms with Crippen molar-refractivity contribution in [3.8, 4) is 0 Å². The van der Waals surface area contributed by atoms with Crippen molar-refractivity contribution in [2.45, 2.75) is 57.5 Å². The zero-order valence-corrected chi connectivity index (χ0v) is 26.3. The molecule has 0 aromatic heterocycles. The third kappa shape index (κ3) is 8.38. The second kappa shape index (κ2) is 14.9. The SMILES string of the molecule is CCCCNC(=O)[C@H](CC)N(Cc1ccc(Cl)cc1Cl)C(=O)CN(c1cc(Cl)ccc1C)S(=O)(=O)c1ccccc1. The van der Waals surface area contributed by atoms with E-state index >= 15 is 0 Å². The topological polar surface area (TPSA) is 86.8 Å². The van der Waals surface area contributed by atoms with Crippen molar-refractivity contribution in [2.24, 2.45) is 0 Å². The minimum Gasteiger partial charge on any atom is -0.354 e. The van der Waals surface area contributed by atoms with Crippen LogP contribution in [0, 0.1) is 6.92 Å². The van der Waals surface area contributed by atoms with Crippen LogP contribution in [0.2, 0.25) is 15.1 Å². The van der Waals surface area contributed by atoms with Crippen LogP contribution in [0.15, 0.2) is 71.6 Å². The number of hydrogen-bond donors (Lipinski definition) is 1. The van der Waals surface area contributed by atoms with Gasteiger partial charge in [-0.1, -0.05) is 85.4 Å². The van der Waals surface area contributed by atoms with Gasteiger partial charge in [0.2, 0.25) is 11.8 Å². The third-order valence-electron chi connectivity index (χ3n) is 6.62. The van der Waals surface area contributed by atoms with Gasteiger partial charge in [-0.3, -0.25) is 13.9 Å². The average molecular weight is 639 g/mol. The minimum atomic E-state index is -4.20. The summed E-state index contributed by atoms with van der Waals surface area (Å²) < 4.78 is 28.9. The number of unbranched alkanes of at least 4 members (excludes halogenated alkanes) is 1. The van der Waals surface area contributed by atoms with E-state index in [1.54, 1.807) is 62.4 Å². The number of anilines is 1. The Morgan fingerprint density at radius 1 is 0.927 bits per heavy atom. The molecule has 0 aliphatic rings. The van der Waals surface area contributed by atoms with E-state index in [2.05, 4.69) is 5.32 Å². The van der Waals surface area contributed by atoms with Crippen molar-refractivity contribution in [1.82, 2.24) is 10.2 Å². The van der Waals surface area contributed by atoms with E-state index in [1.165, 1.54) is 23.1 Å². The summed E-state index contributed by atoms with van der Waals surface area (Å²) >= 11 is 18.8. The van der Waals surface area contributed by atoms with Gasteiger partial charge in [0.25, 0.3) is 10.0 Å². The third-order valence-corrected chi connectivity index (χ3v) is 9.22. The molecular weight excluding hydrogens is 605 g/mol. The maximum absolute atomic E-state index is 14.2. The van der Waals surface area contributed by atoms with Crippen LogP contribution in [0.4, 0.5) is 5.69 Å². The summed E-state index contributed by atoms with van der Waals surface area (Å²) in [6.07, 6.45) is 1.98. The Bertz CT molecular complexity index is 1470. The lowest BCUT2D eigenvalue weighted by atomic mass is 10.1. The van der Waals surface area contributed by atoms with Crippen LogP contribution in [0.5, 0.6) is 0 Å². The van der Waals surface area contributed by atoms with Crippen LogP contribution in [-0.4, -0.2) is 44.3 Å². The van der Waals surface area contributed by atoms with Crippen LogP contribution >= 0.6 is 34.8 Å². The van der Waals surface area contributed by atoms with Crippen molar-refractivity contribution < 1.29 is 18.0 Å². The van der Waals surface area contributed by atoms with Gasteiger partial charge in [0.05, 0.1) is 10.6 Å². The number of rotatable bonds is 13. The summed E-state index contributed by atoms with van der Waals surface area (Å²) in [5.74, 6) is -0.900. The number of amides is 2. The van der Waals surface area contributed by atoms with Crippen molar-refractivity contribution in [1.29, 1.82) is 0 Å². The summed E-state index contributed by atoms with van der Waals surface area (Å²) in [6.45, 7) is 5.43. The van der Waals surface area contributed by atoms with Gasteiger partial charge in [0.15, 0.2) is 0 Å². The Morgan fingerprint density at radius 2 is 1.59 bits per heavy atom. The summed E-state index contributed by atoms with van der Waals surface area (Å²) in [5, 5.41) is 3.98. The highest BCUT2D eigenvalue weighted by molar-refractivity contribution is 7.92. The van der Waals surface area contributed by atoms with E-state index in [9.17, 15) is 18.0 Å². The van der Waals surface area contributed by atoms with Crippen LogP contribution in [-0.2, 0) is 26.2 Å². The first-order valence-electron chi connectivity index (χ1n) is 13.3. The first-order valence-corrected chi connectivity index (χ1v) is 15.9. The first-order chi connectivity index (χ1) is 19.5. The second-order valence-electron chi connectivity index (χ2n) is 9.58. The van der Waals surface area contributed by atoms with E-state index in [-0.39, 0.29) is 23.0 Å². The fraction of sp³-hybridized carbons (Fsp3) is 0.333. The van der Waals surface area contributed by atoms with Gasteiger partial charge < -0.3 is 10.2 Å². The first kappa shape index (κ1) is 32.7. The molecule has 3 aromatic rings. The summed E-state index contributed by atoms with van der Waals surface area (Å²) in [5.41, 5.74) is 1.44. The quantitative estimate of drug-likeness (QED) is 0.207. The molecule has 2 amide bonds. The maximum Gasteiger partial charge on any atom is 0.264 e. The van der Waals surface area contributed by atoms with Crippen LogP contribution in [0.3, 0.4) is 0 Å². The molecule has 3 aromatic carbocycles. The maximum atomic E-state index is 14.2. The van der Waals surface area contributed by atoms with Gasteiger partial charge in [-0.2, -0.15) is 0 Å². The molecule has 11 heteroatoms. The van der Waals surface area contributed by atoms with Gasteiger partial charge >= 0.3 is 0 Å². The molecule has 0 unspecified atom stereocenters. The smallest absolute Gasteiger partial charge is 0.264 e. The van der Waals surface area contributed by atoms with Crippen molar-refractivity contribution in [3.63, 3.8) is 0 Å². The molecule has 7 nitrogen and oxygen atoms in total. The summed E-state index contributed by atoms with van der Waals surface area (Å²) in [6, 6.07) is 16.7. The normalized spacial score (nSPS) is 12.0. The molecule has 3 rings (SSSR count). The number of hydrogen-bond acceptors (Lipinski definition) is 4. The number of nitrogens with one attached hydrogen (secondary N) is 1. The van der Waals surface area contributed by atoms with Crippen LogP contribution < -0.4 is 9.62 Å². The fourth-order valence-electron chi connectivity index (χ4n) is 4.34. The van der Waals surface area contributed by atoms with Crippen LogP contribution in [0.1, 0.15) is 44.2 Å². The molecule has 0 saturated carbocycles. The molecule has 1 atom stereocenters. The van der Waals surface area contributed by atoms with Crippen molar-refractivity contribution >= 4 is 62.3 Å². The highest BCUT2D eigenvalue weighted by Gasteiger charge is 2.34. The number of carbonyl (C=O) groups is 2. The molecule has 0 aliphatic heterocycles. The molecule has 0 radical (unpaired) electrons. The van der Waals surface area contributed by atoms with Gasteiger partial charge in [-0.15, -0.1) is 0 Å². The van der Waals surface area contributed by atoms with E-state index in [0.717, 1.165) is 17.1 Å². The molecule has 0 saturated heterocycles. The predicted octanol–water partition coefficient (Wildman–Crippen LogP) is 6.87. The second-order valence-corrected chi connectivity index (χ2v) is 12.7. The highest BCUT2D eigenvalue weighted by atomic mass is 35.5. The predicted molar refractivity (Wildman–Crippen MR) is 166 cm³/mol. The Hall–Kier alpha value is -2.78. The van der Waals surface area contributed by atoms with Gasteiger partial charge in [-0.05, 0) is 67.3 Å². The molecule has 220 valence electrons. The summed E-state index contributed by atoms with van der Waals surface area (Å²) in [7, 11) is -4.20. The lowest BCUT2D eigenvalue weighted by Gasteiger charge is -2.33. The zero-order chi connectivity index (χ0) is 30.2. The lowest BCUT2D eigenvalue weighted by Crippen LogP contribution is -2.52. The standard InChI is InChI=1S/C30H34Cl3N3O4S/c1-4-6-16-34-30(38)27(5-2)35(19-22-13-15-23(31)17-26(22)33)29(37)20-36(28-18-24(32)14-12-21(28)3)41(39,40)25-10-8-7-9-11-25/h7-15,17-18,27H,4-6,16,19-20H2,1-3H3,(H,34,38)/t27-/m0/s1. The number of sulfonamides is 1. The van der Waals surface area contributed by atoms with Gasteiger partial charge in [-0.25, -0.2) is 8.42 Å². The molecular formula is C30H34Cl3N3O4S. The van der Waals surface area contributed by atoms with E-state index in [4.69, 9.17) is 34.8 Å². The minimum absolute atomic E-state index is 0.0174. The molecule has 1 N–H and O–H groups in total. The lowest BCUT2D eigenvalue weighted by molar-refractivity contribution is -0.140. The highest BCUT2D eigenvalue weighted by Crippen LogP contribution is 2.30. The monoisotopic (exact) mass is 637 g/mol. The van der Waals surface area contributed by atoms with Crippen molar-refractivity contribution in [2.75, 3.05) is 17.4 Å². The number of benzene rings is 3. The Balaban J connectivity index is 2.09. The Labute approximate surface area is 257 Å². The number of halogens is 3. The largest absolute Gasteiger partial charge is 0.354 e. The number of aryl methyl sites for hydroxylation is 1. The van der Waals surface area contributed by atoms with Gasteiger partial charge in [0.1, 0.15) is 12.6 Å². The van der Waals surface area contributed by atoms with Gasteiger partial charge in [0, 0.05) is 28.2 Å². The molecule has 0 fully saturated rings. The van der Waals surface area contributed by atoms with E-state index < -0.39 is 28.5 Å². The zero-order valence-electron chi connectivity index (χ0n) is 23.2. The molecule has 0 aliphatic carbocycles. The average Bonchev–Trinajstić information content (AvgIpc) is 2.94. The fourth-order valence-corrected chi connectivity index (χ4v) is 6.47. The van der Waals surface area contributed by atoms with E-state index in [1.807, 2.05) is 6.92 Å². The number of carbonyl (C=O) groups excluding carboxylic acids is 2. The molecule has 0 bridgehead atoms. The van der Waals surface area contributed by atoms with E-state index in [0.29, 0.717) is 39.2 Å². The molecule has 41 heavy (non-hydrogen) atoms. The molecule has 0 heterocycles. The van der Waals surface area contributed by atoms with Crippen LogP contribution in [0.25, 0.3) is 0 Å². The number of nitrogens with zero attached hydrogens (tertiary/aromatic N) is 2. The Morgan fingerprint density at radius 3 is 2.22 bits per heavy atom.